The van der Waals surface area contributed by atoms with Crippen molar-refractivity contribution in [2.75, 3.05) is 13.1 Å². The van der Waals surface area contributed by atoms with E-state index in [4.69, 9.17) is 4.74 Å². The molecule has 0 bridgehead atoms. The third-order valence-corrected chi connectivity index (χ3v) is 6.70. The monoisotopic (exact) mass is 403 g/mol. The Morgan fingerprint density at radius 2 is 1.60 bits per heavy atom. The van der Waals surface area contributed by atoms with E-state index >= 15 is 0 Å². The molecular formula is C26H29NO3. The first-order valence-corrected chi connectivity index (χ1v) is 10.6. The zero-order chi connectivity index (χ0) is 21.6. The number of likely N-dealkylation sites (tertiary alicyclic amines) is 1. The van der Waals surface area contributed by atoms with Crippen LogP contribution in [0.2, 0.25) is 0 Å². The van der Waals surface area contributed by atoms with Gasteiger partial charge in [0, 0.05) is 36.1 Å². The first-order valence-electron chi connectivity index (χ1n) is 10.6. The topological polar surface area (TPSA) is 46.6 Å². The van der Waals surface area contributed by atoms with E-state index in [-0.39, 0.29) is 23.7 Å². The summed E-state index contributed by atoms with van der Waals surface area (Å²) in [6.07, 6.45) is 0. The number of carbonyl (C=O) groups excluding carboxylic acids is 2. The van der Waals surface area contributed by atoms with Crippen molar-refractivity contribution in [1.29, 1.82) is 0 Å². The molecule has 0 aromatic heterocycles. The lowest BCUT2D eigenvalue weighted by atomic mass is 9.70. The fourth-order valence-corrected chi connectivity index (χ4v) is 5.27. The van der Waals surface area contributed by atoms with Gasteiger partial charge in [0.1, 0.15) is 5.60 Å². The Hall–Kier alpha value is -2.88. The molecule has 2 aliphatic heterocycles. The van der Waals surface area contributed by atoms with Gasteiger partial charge in [-0.2, -0.15) is 0 Å². The number of nitrogens with zero attached hydrogens (tertiary/aromatic N) is 1. The largest absolute Gasteiger partial charge is 0.450 e. The molecule has 1 fully saturated rings. The predicted molar refractivity (Wildman–Crippen MR) is 118 cm³/mol. The Bertz CT molecular complexity index is 1040. The van der Waals surface area contributed by atoms with Gasteiger partial charge in [0.25, 0.3) is 5.91 Å². The van der Waals surface area contributed by atoms with Gasteiger partial charge in [-0.05, 0) is 38.0 Å². The Kier molecular flexibility index (Phi) is 5.05. The Morgan fingerprint density at radius 3 is 2.23 bits per heavy atom. The van der Waals surface area contributed by atoms with Crippen LogP contribution in [0.15, 0.2) is 54.1 Å². The van der Waals surface area contributed by atoms with Gasteiger partial charge in [-0.25, -0.2) is 4.79 Å². The second-order valence-electron chi connectivity index (χ2n) is 8.93. The summed E-state index contributed by atoms with van der Waals surface area (Å²) in [5, 5.41) is 0. The molecule has 1 saturated heterocycles. The zero-order valence-electron chi connectivity index (χ0n) is 18.4. The number of hydrogen-bond donors (Lipinski definition) is 0. The van der Waals surface area contributed by atoms with Crippen molar-refractivity contribution in [3.63, 3.8) is 0 Å². The number of ether oxygens (including phenoxy) is 1. The van der Waals surface area contributed by atoms with Crippen LogP contribution >= 0.6 is 0 Å². The smallest absolute Gasteiger partial charge is 0.339 e. The van der Waals surface area contributed by atoms with Gasteiger partial charge in [0.2, 0.25) is 0 Å². The number of benzene rings is 2. The van der Waals surface area contributed by atoms with Crippen LogP contribution in [-0.2, 0) is 15.1 Å². The number of aryl methyl sites for hydroxylation is 1. The number of carbonyl (C=O) groups is 2. The average molecular weight is 404 g/mol. The Balaban J connectivity index is 1.68. The van der Waals surface area contributed by atoms with Crippen LogP contribution in [0.4, 0.5) is 0 Å². The molecule has 1 spiro atoms. The highest BCUT2D eigenvalue weighted by Gasteiger charge is 2.56. The molecular weight excluding hydrogens is 374 g/mol. The van der Waals surface area contributed by atoms with Crippen molar-refractivity contribution >= 4 is 17.4 Å². The number of fused-ring (bicyclic) bond motifs is 2. The summed E-state index contributed by atoms with van der Waals surface area (Å²) in [5.74, 6) is -0.217. The molecule has 3 atom stereocenters. The molecule has 1 unspecified atom stereocenters. The van der Waals surface area contributed by atoms with E-state index in [2.05, 4.69) is 13.8 Å². The van der Waals surface area contributed by atoms with Crippen LogP contribution < -0.4 is 0 Å². The van der Waals surface area contributed by atoms with E-state index < -0.39 is 5.60 Å². The predicted octanol–water partition coefficient (Wildman–Crippen LogP) is 4.97. The summed E-state index contributed by atoms with van der Waals surface area (Å²) in [5.41, 5.74) is 4.80. The highest BCUT2D eigenvalue weighted by molar-refractivity contribution is 6.20. The third kappa shape index (κ3) is 2.97. The molecule has 2 aromatic carbocycles. The van der Waals surface area contributed by atoms with Crippen LogP contribution in [0, 0.1) is 18.8 Å². The van der Waals surface area contributed by atoms with E-state index in [1.165, 1.54) is 0 Å². The van der Waals surface area contributed by atoms with E-state index in [1.807, 2.05) is 74.2 Å². The molecule has 0 N–H and O–H groups in total. The molecule has 0 aliphatic carbocycles. The molecule has 30 heavy (non-hydrogen) atoms. The Morgan fingerprint density at radius 1 is 1.00 bits per heavy atom. The highest BCUT2D eigenvalue weighted by atomic mass is 16.6. The van der Waals surface area contributed by atoms with E-state index in [9.17, 15) is 9.59 Å². The summed E-state index contributed by atoms with van der Waals surface area (Å²) in [4.78, 5) is 28.1. The maximum Gasteiger partial charge on any atom is 0.339 e. The summed E-state index contributed by atoms with van der Waals surface area (Å²) >= 11 is 0. The molecule has 4 nitrogen and oxygen atoms in total. The van der Waals surface area contributed by atoms with Crippen LogP contribution in [-0.4, -0.2) is 29.9 Å². The van der Waals surface area contributed by atoms with Gasteiger partial charge < -0.3 is 9.64 Å². The second kappa shape index (κ2) is 7.42. The molecule has 2 aliphatic rings. The average Bonchev–Trinajstić information content (AvgIpc) is 3.01. The van der Waals surface area contributed by atoms with Gasteiger partial charge in [-0.3, -0.25) is 4.79 Å². The summed E-state index contributed by atoms with van der Waals surface area (Å²) in [6.45, 7) is 11.3. The van der Waals surface area contributed by atoms with Gasteiger partial charge >= 0.3 is 5.97 Å². The van der Waals surface area contributed by atoms with Gasteiger partial charge in [-0.15, -0.1) is 0 Å². The fraction of sp³-hybridized carbons (Fsp3) is 0.385. The molecule has 0 radical (unpaired) electrons. The summed E-state index contributed by atoms with van der Waals surface area (Å²) < 4.78 is 6.04. The SMILES string of the molecule is CC(C)=C(C(=O)N1C[C@@H](C)C2(OC(=O)c3ccccc32)[C@@H](C)C1)c1ccccc1C. The second-order valence-corrected chi connectivity index (χ2v) is 8.93. The van der Waals surface area contributed by atoms with Gasteiger partial charge in [-0.1, -0.05) is 61.9 Å². The minimum absolute atomic E-state index is 0.00641. The lowest BCUT2D eigenvalue weighted by Crippen LogP contribution is -2.56. The van der Waals surface area contributed by atoms with Crippen LogP contribution in [0.1, 0.15) is 54.7 Å². The van der Waals surface area contributed by atoms with Crippen molar-refractivity contribution in [2.24, 2.45) is 11.8 Å². The number of allylic oxidation sites excluding steroid dienone is 1. The Labute approximate surface area is 178 Å². The number of esters is 1. The van der Waals surface area contributed by atoms with Crippen LogP contribution in [0.3, 0.4) is 0 Å². The molecule has 4 heteroatoms. The van der Waals surface area contributed by atoms with Crippen LogP contribution in [0.25, 0.3) is 5.57 Å². The minimum atomic E-state index is -0.668. The third-order valence-electron chi connectivity index (χ3n) is 6.70. The van der Waals surface area contributed by atoms with Gasteiger partial charge in [0.15, 0.2) is 0 Å². The standard InChI is InChI=1S/C26H29NO3/c1-16(2)23(20-11-7-6-10-17(20)3)24(28)27-14-18(4)26(19(5)15-27)22-13-9-8-12-21(22)25(29)30-26/h6-13,18-19H,14-15H2,1-5H3/t18-,19+,26?. The summed E-state index contributed by atoms with van der Waals surface area (Å²) in [7, 11) is 0. The van der Waals surface area contributed by atoms with E-state index in [0.717, 1.165) is 27.8 Å². The first kappa shape index (κ1) is 20.4. The van der Waals surface area contributed by atoms with E-state index in [1.54, 1.807) is 0 Å². The van der Waals surface area contributed by atoms with E-state index in [0.29, 0.717) is 18.7 Å². The zero-order valence-corrected chi connectivity index (χ0v) is 18.4. The quantitative estimate of drug-likeness (QED) is 0.525. The fourth-order valence-electron chi connectivity index (χ4n) is 5.27. The lowest BCUT2D eigenvalue weighted by molar-refractivity contribution is -0.142. The highest BCUT2D eigenvalue weighted by Crippen LogP contribution is 2.50. The normalized spacial score (nSPS) is 25.1. The van der Waals surface area contributed by atoms with Crippen molar-refractivity contribution < 1.29 is 14.3 Å². The molecule has 4 rings (SSSR count). The minimum Gasteiger partial charge on any atom is -0.450 e. The molecule has 156 valence electrons. The van der Waals surface area contributed by atoms with Crippen molar-refractivity contribution in [3.05, 3.63) is 76.4 Å². The maximum absolute atomic E-state index is 13.7. The first-order chi connectivity index (χ1) is 14.3. The maximum atomic E-state index is 13.7. The number of piperidine rings is 1. The van der Waals surface area contributed by atoms with Crippen molar-refractivity contribution in [1.82, 2.24) is 4.90 Å². The number of amides is 1. The van der Waals surface area contributed by atoms with Crippen LogP contribution in [0.5, 0.6) is 0 Å². The molecule has 0 saturated carbocycles. The molecule has 1 amide bonds. The molecule has 2 aromatic rings. The van der Waals surface area contributed by atoms with Crippen molar-refractivity contribution in [2.45, 2.75) is 40.2 Å². The number of hydrogen-bond acceptors (Lipinski definition) is 3. The lowest BCUT2D eigenvalue weighted by Gasteiger charge is -2.48. The van der Waals surface area contributed by atoms with Crippen molar-refractivity contribution in [3.8, 4) is 0 Å². The number of rotatable bonds is 2. The molecule has 2 heterocycles. The van der Waals surface area contributed by atoms with Gasteiger partial charge in [0.05, 0.1) is 5.56 Å². The summed E-state index contributed by atoms with van der Waals surface area (Å²) in [6, 6.07) is 15.7.